The van der Waals surface area contributed by atoms with Crippen LogP contribution in [0.25, 0.3) is 0 Å². The minimum atomic E-state index is 0. The lowest BCUT2D eigenvalue weighted by Crippen LogP contribution is -1.92. The van der Waals surface area contributed by atoms with Crippen LogP contribution in [-0.2, 0) is 6.42 Å². The molecule has 4 heteroatoms. The summed E-state index contributed by atoms with van der Waals surface area (Å²) in [6, 6.07) is 2.11. The zero-order chi connectivity index (χ0) is 6.97. The molecule has 0 spiro atoms. The smallest absolute Gasteiger partial charge is 0.129 e. The number of aromatic nitrogens is 1. The lowest BCUT2D eigenvalue weighted by molar-refractivity contribution is 1.10. The second kappa shape index (κ2) is 3.54. The highest BCUT2D eigenvalue weighted by atomic mass is 79.9. The van der Waals surface area contributed by atoms with Gasteiger partial charge >= 0.3 is 0 Å². The van der Waals surface area contributed by atoms with E-state index in [1.807, 2.05) is 6.20 Å². The van der Waals surface area contributed by atoms with Gasteiger partial charge in [-0.05, 0) is 34.0 Å². The fourth-order valence-electron chi connectivity index (χ4n) is 1.15. The van der Waals surface area contributed by atoms with Gasteiger partial charge in [0.25, 0.3) is 0 Å². The van der Waals surface area contributed by atoms with Gasteiger partial charge in [-0.15, -0.1) is 17.0 Å². The van der Waals surface area contributed by atoms with E-state index in [-0.39, 0.29) is 17.0 Å². The van der Waals surface area contributed by atoms with Gasteiger partial charge in [-0.3, -0.25) is 0 Å². The second-order valence-corrected chi connectivity index (χ2v) is 3.25. The third kappa shape index (κ3) is 1.73. The van der Waals surface area contributed by atoms with Crippen molar-refractivity contribution in [1.82, 2.24) is 4.98 Å². The quantitative estimate of drug-likeness (QED) is 0.789. The van der Waals surface area contributed by atoms with Crippen molar-refractivity contribution < 1.29 is 0 Å². The number of hydrogen-bond donors (Lipinski definition) is 1. The first-order valence-electron chi connectivity index (χ1n) is 3.24. The average molecular weight is 280 g/mol. The predicted octanol–water partition coefficient (Wildman–Crippen LogP) is 2.39. The summed E-state index contributed by atoms with van der Waals surface area (Å²) in [5, 5.41) is 3.20. The number of halogens is 2. The largest absolute Gasteiger partial charge is 0.370 e. The molecule has 0 unspecified atom stereocenters. The predicted molar refractivity (Wildman–Crippen MR) is 54.5 cm³/mol. The summed E-state index contributed by atoms with van der Waals surface area (Å²) in [7, 11) is 0. The number of nitrogens with one attached hydrogen (secondary N) is 1. The van der Waals surface area contributed by atoms with Crippen LogP contribution < -0.4 is 5.32 Å². The number of rotatable bonds is 0. The molecule has 60 valence electrons. The van der Waals surface area contributed by atoms with Crippen LogP contribution in [0.3, 0.4) is 0 Å². The van der Waals surface area contributed by atoms with Gasteiger partial charge in [-0.2, -0.15) is 0 Å². The molecule has 1 aliphatic rings. The van der Waals surface area contributed by atoms with E-state index < -0.39 is 0 Å². The van der Waals surface area contributed by atoms with Crippen molar-refractivity contribution in [3.05, 3.63) is 22.3 Å². The van der Waals surface area contributed by atoms with E-state index in [1.54, 1.807) is 0 Å². The molecule has 0 bridgehead atoms. The Morgan fingerprint density at radius 3 is 3.18 bits per heavy atom. The fraction of sp³-hybridized carbons (Fsp3) is 0.286. The maximum Gasteiger partial charge on any atom is 0.129 e. The average Bonchev–Trinajstić information content (AvgIpc) is 2.33. The van der Waals surface area contributed by atoms with Crippen LogP contribution in [0.1, 0.15) is 5.56 Å². The zero-order valence-electron chi connectivity index (χ0n) is 5.80. The number of pyridine rings is 1. The zero-order valence-corrected chi connectivity index (χ0v) is 9.10. The van der Waals surface area contributed by atoms with E-state index in [0.29, 0.717) is 0 Å². The number of nitrogens with zero attached hydrogens (tertiary/aromatic N) is 1. The SMILES string of the molecule is Br.Brc1cnc2c(c1)CCN2. The van der Waals surface area contributed by atoms with Gasteiger partial charge in [-0.25, -0.2) is 4.98 Å². The van der Waals surface area contributed by atoms with Crippen molar-refractivity contribution in [2.75, 3.05) is 11.9 Å². The Hall–Kier alpha value is -0.0900. The van der Waals surface area contributed by atoms with E-state index in [1.165, 1.54) is 5.56 Å². The Labute approximate surface area is 84.3 Å². The second-order valence-electron chi connectivity index (χ2n) is 2.34. The summed E-state index contributed by atoms with van der Waals surface area (Å²) in [6.45, 7) is 1.03. The van der Waals surface area contributed by atoms with Gasteiger partial charge in [-0.1, -0.05) is 0 Å². The molecule has 1 aromatic rings. The maximum atomic E-state index is 4.20. The molecule has 0 saturated heterocycles. The maximum absolute atomic E-state index is 4.20. The van der Waals surface area contributed by atoms with Crippen LogP contribution in [0.5, 0.6) is 0 Å². The lowest BCUT2D eigenvalue weighted by atomic mass is 10.2. The summed E-state index contributed by atoms with van der Waals surface area (Å²) >= 11 is 3.37. The minimum Gasteiger partial charge on any atom is -0.370 e. The summed E-state index contributed by atoms with van der Waals surface area (Å²) in [4.78, 5) is 4.20. The summed E-state index contributed by atoms with van der Waals surface area (Å²) in [6.07, 6.45) is 2.92. The molecular formula is C7H8Br2N2. The van der Waals surface area contributed by atoms with Gasteiger partial charge in [0.05, 0.1) is 0 Å². The summed E-state index contributed by atoms with van der Waals surface area (Å²) < 4.78 is 1.06. The molecule has 0 aliphatic carbocycles. The first kappa shape index (κ1) is 9.00. The molecular weight excluding hydrogens is 272 g/mol. The number of hydrogen-bond acceptors (Lipinski definition) is 2. The fourth-order valence-corrected chi connectivity index (χ4v) is 1.53. The van der Waals surface area contributed by atoms with Crippen LogP contribution in [0.2, 0.25) is 0 Å². The van der Waals surface area contributed by atoms with E-state index in [4.69, 9.17) is 0 Å². The monoisotopic (exact) mass is 278 g/mol. The van der Waals surface area contributed by atoms with Crippen molar-refractivity contribution in [1.29, 1.82) is 0 Å². The Kier molecular flexibility index (Phi) is 2.90. The van der Waals surface area contributed by atoms with Crippen molar-refractivity contribution >= 4 is 38.7 Å². The molecule has 0 saturated carbocycles. The van der Waals surface area contributed by atoms with Crippen molar-refractivity contribution in [2.45, 2.75) is 6.42 Å². The standard InChI is InChI=1S/C7H7BrN2.BrH/c8-6-3-5-1-2-9-7(5)10-4-6;/h3-4H,1-2H2,(H,9,10);1H. The first-order valence-corrected chi connectivity index (χ1v) is 4.04. The highest BCUT2D eigenvalue weighted by Crippen LogP contribution is 2.21. The van der Waals surface area contributed by atoms with Crippen LogP contribution in [-0.4, -0.2) is 11.5 Å². The number of fused-ring (bicyclic) bond motifs is 1. The van der Waals surface area contributed by atoms with Crippen LogP contribution >= 0.6 is 32.9 Å². The Morgan fingerprint density at radius 2 is 2.36 bits per heavy atom. The Morgan fingerprint density at radius 1 is 1.55 bits per heavy atom. The van der Waals surface area contributed by atoms with Crippen molar-refractivity contribution in [3.63, 3.8) is 0 Å². The molecule has 1 N–H and O–H groups in total. The summed E-state index contributed by atoms with van der Waals surface area (Å²) in [5.74, 6) is 1.04. The molecule has 2 heterocycles. The summed E-state index contributed by atoms with van der Waals surface area (Å²) in [5.41, 5.74) is 1.31. The molecule has 1 aliphatic heterocycles. The van der Waals surface area contributed by atoms with Crippen molar-refractivity contribution in [3.8, 4) is 0 Å². The third-order valence-electron chi connectivity index (χ3n) is 1.62. The molecule has 0 radical (unpaired) electrons. The molecule has 2 nitrogen and oxygen atoms in total. The van der Waals surface area contributed by atoms with E-state index in [9.17, 15) is 0 Å². The van der Waals surface area contributed by atoms with Crippen LogP contribution in [0.15, 0.2) is 16.7 Å². The molecule has 1 aromatic heterocycles. The van der Waals surface area contributed by atoms with E-state index in [0.717, 1.165) is 23.3 Å². The minimum absolute atomic E-state index is 0. The third-order valence-corrected chi connectivity index (χ3v) is 2.05. The van der Waals surface area contributed by atoms with Crippen LogP contribution in [0, 0.1) is 0 Å². The Bertz CT molecular complexity index is 263. The van der Waals surface area contributed by atoms with Gasteiger partial charge in [0.1, 0.15) is 5.82 Å². The van der Waals surface area contributed by atoms with E-state index in [2.05, 4.69) is 32.3 Å². The highest BCUT2D eigenvalue weighted by molar-refractivity contribution is 9.10. The topological polar surface area (TPSA) is 24.9 Å². The number of anilines is 1. The molecule has 0 atom stereocenters. The molecule has 11 heavy (non-hydrogen) atoms. The highest BCUT2D eigenvalue weighted by Gasteiger charge is 2.09. The van der Waals surface area contributed by atoms with Crippen molar-refractivity contribution in [2.24, 2.45) is 0 Å². The Balaban J connectivity index is 0.000000605. The van der Waals surface area contributed by atoms with Gasteiger partial charge in [0.15, 0.2) is 0 Å². The van der Waals surface area contributed by atoms with Gasteiger partial charge in [0.2, 0.25) is 0 Å². The molecule has 2 rings (SSSR count). The molecule has 0 aromatic carbocycles. The van der Waals surface area contributed by atoms with Crippen LogP contribution in [0.4, 0.5) is 5.82 Å². The normalized spacial score (nSPS) is 13.2. The lowest BCUT2D eigenvalue weighted by Gasteiger charge is -1.96. The first-order chi connectivity index (χ1) is 4.86. The molecule has 0 amide bonds. The van der Waals surface area contributed by atoms with Gasteiger partial charge in [0, 0.05) is 17.2 Å². The van der Waals surface area contributed by atoms with E-state index >= 15 is 0 Å². The van der Waals surface area contributed by atoms with Gasteiger partial charge < -0.3 is 5.32 Å². The molecule has 0 fully saturated rings.